The second-order valence-corrected chi connectivity index (χ2v) is 16.9. The van der Waals surface area contributed by atoms with Crippen LogP contribution in [0.1, 0.15) is 128 Å². The molecule has 3 aromatic rings. The van der Waals surface area contributed by atoms with Crippen molar-refractivity contribution in [2.75, 3.05) is 31.6 Å². The zero-order valence-electron chi connectivity index (χ0n) is 36.6. The first-order chi connectivity index (χ1) is 29.3. The summed E-state index contributed by atoms with van der Waals surface area (Å²) in [6, 6.07) is 22.4. The number of hydrogen-bond donors (Lipinski definition) is 4. The number of amides is 4. The third kappa shape index (κ3) is 17.9. The molecule has 0 radical (unpaired) electrons. The first-order valence-corrected chi connectivity index (χ1v) is 21.8. The fraction of sp³-hybridized carbons (Fsp3) is 0.521. The number of benzene rings is 3. The van der Waals surface area contributed by atoms with E-state index in [2.05, 4.69) is 45.5 Å². The molecule has 4 N–H and O–H groups in total. The lowest BCUT2D eigenvalue weighted by Gasteiger charge is -2.21. The summed E-state index contributed by atoms with van der Waals surface area (Å²) in [5.74, 6) is -0.306. The van der Waals surface area contributed by atoms with Gasteiger partial charge in [0.2, 0.25) is 11.8 Å². The van der Waals surface area contributed by atoms with Crippen LogP contribution in [-0.2, 0) is 35.1 Å². The Morgan fingerprint density at radius 2 is 1.23 bits per heavy atom. The molecule has 4 rings (SSSR count). The quantitative estimate of drug-likeness (QED) is 0.0390. The molecule has 0 unspecified atom stereocenters. The van der Waals surface area contributed by atoms with Crippen molar-refractivity contribution < 1.29 is 42.9 Å². The number of carbonyl (C=O) groups excluding carboxylic acids is 5. The van der Waals surface area contributed by atoms with Gasteiger partial charge in [-0.05, 0) is 85.9 Å². The highest BCUT2D eigenvalue weighted by Gasteiger charge is 2.30. The van der Waals surface area contributed by atoms with Gasteiger partial charge in [0, 0.05) is 31.1 Å². The smallest absolute Gasteiger partial charge is 0.449 e. The van der Waals surface area contributed by atoms with E-state index in [-0.39, 0.29) is 36.9 Å². The SMILES string of the molecule is CC(C)C[C@H](NC(=O)OCC1c2ccccc2-c2ccccc21)C(=O)Nc1ccc(COC(=O)OCCCCCCCCCCCC(=O)NCCNC(=O)OC(C)(C)C)cc1. The van der Waals surface area contributed by atoms with E-state index >= 15 is 0 Å². The number of nitrogens with one attached hydrogen (secondary N) is 4. The van der Waals surface area contributed by atoms with Crippen LogP contribution in [0.5, 0.6) is 0 Å². The van der Waals surface area contributed by atoms with Gasteiger partial charge >= 0.3 is 18.3 Å². The zero-order valence-corrected chi connectivity index (χ0v) is 36.6. The Kier molecular flexibility index (Phi) is 19.9. The Morgan fingerprint density at radius 1 is 0.656 bits per heavy atom. The van der Waals surface area contributed by atoms with Crippen molar-refractivity contribution in [1.82, 2.24) is 16.0 Å². The fourth-order valence-electron chi connectivity index (χ4n) is 7.13. The van der Waals surface area contributed by atoms with Gasteiger partial charge in [-0.2, -0.15) is 0 Å². The van der Waals surface area contributed by atoms with Gasteiger partial charge in [0.1, 0.15) is 24.9 Å². The molecule has 4 amide bonds. The summed E-state index contributed by atoms with van der Waals surface area (Å²) in [5, 5.41) is 11.1. The van der Waals surface area contributed by atoms with Crippen LogP contribution in [0.25, 0.3) is 11.1 Å². The molecule has 1 atom stereocenters. The molecule has 0 fully saturated rings. The van der Waals surface area contributed by atoms with Crippen molar-refractivity contribution in [2.24, 2.45) is 5.92 Å². The second-order valence-electron chi connectivity index (χ2n) is 16.9. The normalized spacial score (nSPS) is 12.4. The van der Waals surface area contributed by atoms with E-state index in [9.17, 15) is 24.0 Å². The van der Waals surface area contributed by atoms with Crippen LogP contribution in [0.2, 0.25) is 0 Å². The van der Waals surface area contributed by atoms with Crippen molar-refractivity contribution in [3.05, 3.63) is 89.5 Å². The van der Waals surface area contributed by atoms with Crippen molar-refractivity contribution in [1.29, 1.82) is 0 Å². The number of hydrogen-bond acceptors (Lipinski definition) is 9. The Balaban J connectivity index is 1.02. The van der Waals surface area contributed by atoms with Crippen molar-refractivity contribution in [3.63, 3.8) is 0 Å². The van der Waals surface area contributed by atoms with Gasteiger partial charge in [-0.15, -0.1) is 0 Å². The minimum absolute atomic E-state index is 0.00896. The van der Waals surface area contributed by atoms with Gasteiger partial charge in [0.25, 0.3) is 0 Å². The average Bonchev–Trinajstić information content (AvgIpc) is 3.54. The fourth-order valence-corrected chi connectivity index (χ4v) is 7.13. The topological polar surface area (TPSA) is 170 Å². The lowest BCUT2D eigenvalue weighted by molar-refractivity contribution is -0.121. The summed E-state index contributed by atoms with van der Waals surface area (Å²) in [6.07, 6.45) is 8.13. The van der Waals surface area contributed by atoms with Crippen molar-refractivity contribution in [3.8, 4) is 11.1 Å². The highest BCUT2D eigenvalue weighted by molar-refractivity contribution is 5.96. The number of rotatable bonds is 24. The van der Waals surface area contributed by atoms with E-state index in [4.69, 9.17) is 18.9 Å². The molecule has 0 bridgehead atoms. The maximum atomic E-state index is 13.3. The lowest BCUT2D eigenvalue weighted by Crippen LogP contribution is -2.45. The second kappa shape index (κ2) is 25.2. The van der Waals surface area contributed by atoms with Gasteiger partial charge in [-0.25, -0.2) is 14.4 Å². The minimum Gasteiger partial charge on any atom is -0.449 e. The van der Waals surface area contributed by atoms with Crippen molar-refractivity contribution in [2.45, 2.75) is 129 Å². The standard InChI is InChI=1S/C48H66N4O9/c1-34(2)31-42(52-46(56)59-33-41-39-21-16-14-19-37(39)38-20-15-17-22-40(38)41)44(54)51-36-26-24-35(25-27-36)32-60-47(57)58-30-18-12-10-8-6-7-9-11-13-23-43(53)49-28-29-50-45(55)61-48(3,4)5/h14-17,19-22,24-27,34,41-42H,6-13,18,23,28-33H2,1-5H3,(H,49,53)(H,50,55)(H,51,54)(H,52,56)/t42-/m0/s1. The zero-order chi connectivity index (χ0) is 44.0. The molecule has 0 spiro atoms. The number of fused-ring (bicyclic) bond motifs is 3. The Bertz CT molecular complexity index is 1810. The van der Waals surface area contributed by atoms with E-state index in [1.807, 2.05) is 38.1 Å². The molecular weight excluding hydrogens is 777 g/mol. The highest BCUT2D eigenvalue weighted by Crippen LogP contribution is 2.44. The summed E-state index contributed by atoms with van der Waals surface area (Å²) in [5.41, 5.74) is 5.24. The molecule has 0 aliphatic heterocycles. The minimum atomic E-state index is -0.799. The molecular formula is C48H66N4O9. The van der Waals surface area contributed by atoms with Crippen molar-refractivity contribution >= 4 is 35.8 Å². The Hall–Kier alpha value is -5.59. The summed E-state index contributed by atoms with van der Waals surface area (Å²) in [6.45, 7) is 10.6. The predicted molar refractivity (Wildman–Crippen MR) is 236 cm³/mol. The monoisotopic (exact) mass is 842 g/mol. The van der Waals surface area contributed by atoms with Gasteiger partial charge < -0.3 is 40.2 Å². The molecule has 13 heteroatoms. The van der Waals surface area contributed by atoms with Crippen LogP contribution in [-0.4, -0.2) is 68.1 Å². The first kappa shape index (κ1) is 48.1. The van der Waals surface area contributed by atoms with Crippen LogP contribution < -0.4 is 21.3 Å². The molecule has 13 nitrogen and oxygen atoms in total. The molecule has 1 aliphatic rings. The number of anilines is 1. The Labute approximate surface area is 361 Å². The van der Waals surface area contributed by atoms with E-state index in [0.29, 0.717) is 38.2 Å². The lowest BCUT2D eigenvalue weighted by atomic mass is 9.98. The van der Waals surface area contributed by atoms with Crippen LogP contribution in [0.15, 0.2) is 72.8 Å². The van der Waals surface area contributed by atoms with E-state index in [1.54, 1.807) is 45.0 Å². The predicted octanol–water partition coefficient (Wildman–Crippen LogP) is 9.77. The molecule has 332 valence electrons. The summed E-state index contributed by atoms with van der Waals surface area (Å²) >= 11 is 0. The molecule has 1 aliphatic carbocycles. The summed E-state index contributed by atoms with van der Waals surface area (Å²) in [4.78, 5) is 62.1. The number of alkyl carbamates (subject to hydrolysis) is 2. The maximum Gasteiger partial charge on any atom is 0.508 e. The first-order valence-electron chi connectivity index (χ1n) is 21.8. The molecule has 0 heterocycles. The molecule has 0 aromatic heterocycles. The number of unbranched alkanes of at least 4 members (excludes halogenated alkanes) is 8. The van der Waals surface area contributed by atoms with Gasteiger partial charge in [-0.1, -0.05) is 119 Å². The largest absolute Gasteiger partial charge is 0.508 e. The molecule has 3 aromatic carbocycles. The van der Waals surface area contributed by atoms with E-state index in [0.717, 1.165) is 85.6 Å². The van der Waals surface area contributed by atoms with Crippen LogP contribution in [0.4, 0.5) is 20.1 Å². The molecule has 0 saturated heterocycles. The molecule has 61 heavy (non-hydrogen) atoms. The summed E-state index contributed by atoms with van der Waals surface area (Å²) in [7, 11) is 0. The summed E-state index contributed by atoms with van der Waals surface area (Å²) < 4.78 is 21.4. The van der Waals surface area contributed by atoms with Gasteiger partial charge in [0.05, 0.1) is 6.61 Å². The van der Waals surface area contributed by atoms with E-state index in [1.165, 1.54) is 0 Å². The number of carbonyl (C=O) groups is 5. The highest BCUT2D eigenvalue weighted by atomic mass is 16.7. The van der Waals surface area contributed by atoms with Gasteiger partial charge in [0.15, 0.2) is 0 Å². The van der Waals surface area contributed by atoms with Crippen LogP contribution in [0.3, 0.4) is 0 Å². The van der Waals surface area contributed by atoms with E-state index < -0.39 is 30.0 Å². The van der Waals surface area contributed by atoms with Crippen LogP contribution in [0, 0.1) is 5.92 Å². The maximum absolute atomic E-state index is 13.3. The Morgan fingerprint density at radius 3 is 1.84 bits per heavy atom. The molecule has 0 saturated carbocycles. The average molecular weight is 843 g/mol. The third-order valence-corrected chi connectivity index (χ3v) is 10.1. The number of ether oxygens (including phenoxy) is 4. The van der Waals surface area contributed by atoms with Gasteiger partial charge in [-0.3, -0.25) is 9.59 Å². The van der Waals surface area contributed by atoms with Crippen LogP contribution >= 0.6 is 0 Å². The third-order valence-electron chi connectivity index (χ3n) is 10.1.